The van der Waals surface area contributed by atoms with Crippen LogP contribution in [0.2, 0.25) is 0 Å². The summed E-state index contributed by atoms with van der Waals surface area (Å²) in [5.74, 6) is 2.86. The average Bonchev–Trinajstić information content (AvgIpc) is 2.74. The van der Waals surface area contributed by atoms with E-state index < -0.39 is 5.91 Å². The topological polar surface area (TPSA) is 72.2 Å². The number of amides is 2. The summed E-state index contributed by atoms with van der Waals surface area (Å²) in [5, 5.41) is 3.29. The van der Waals surface area contributed by atoms with Crippen molar-refractivity contribution in [2.75, 3.05) is 5.75 Å². The second-order valence-electron chi connectivity index (χ2n) is 8.32. The van der Waals surface area contributed by atoms with Gasteiger partial charge in [-0.15, -0.1) is 0 Å². The molecule has 0 spiro atoms. The van der Waals surface area contributed by atoms with E-state index in [1.165, 1.54) is 6.42 Å². The van der Waals surface area contributed by atoms with E-state index in [0.29, 0.717) is 35.7 Å². The molecule has 1 rings (SSSR count). The molecule has 0 aliphatic carbocycles. The van der Waals surface area contributed by atoms with E-state index in [-0.39, 0.29) is 11.9 Å². The van der Waals surface area contributed by atoms with Crippen LogP contribution in [-0.2, 0) is 4.79 Å². The minimum absolute atomic E-state index is 0.131. The van der Waals surface area contributed by atoms with Gasteiger partial charge in [-0.2, -0.15) is 0 Å². The van der Waals surface area contributed by atoms with Crippen molar-refractivity contribution >= 4 is 33.4 Å². The molecule has 0 aliphatic heterocycles. The Morgan fingerprint density at radius 1 is 0.967 bits per heavy atom. The highest BCUT2D eigenvalue weighted by Gasteiger charge is 2.33. The third-order valence-corrected chi connectivity index (χ3v) is 8.70. The summed E-state index contributed by atoms with van der Waals surface area (Å²) in [6, 6.07) is 7.42. The molecule has 0 saturated heterocycles. The second kappa shape index (κ2) is 14.0. The molecule has 30 heavy (non-hydrogen) atoms. The van der Waals surface area contributed by atoms with Gasteiger partial charge in [0.2, 0.25) is 11.8 Å². The molecule has 0 bridgehead atoms. The summed E-state index contributed by atoms with van der Waals surface area (Å²) in [6.07, 6.45) is 3.99. The number of nitrogens with one attached hydrogen (secondary N) is 1. The molecule has 0 aliphatic rings. The quantitative estimate of drug-likeness (QED) is 0.262. The minimum atomic E-state index is -0.417. The van der Waals surface area contributed by atoms with E-state index in [9.17, 15) is 9.59 Å². The lowest BCUT2D eigenvalue weighted by atomic mass is 9.70. The van der Waals surface area contributed by atoms with Gasteiger partial charge in [0.15, 0.2) is 0 Å². The summed E-state index contributed by atoms with van der Waals surface area (Å²) in [7, 11) is 3.27. The van der Waals surface area contributed by atoms with Crippen molar-refractivity contribution in [3.05, 3.63) is 29.8 Å². The molecule has 1 aromatic rings. The minimum Gasteiger partial charge on any atom is -0.366 e. The Balaban J connectivity index is 2.53. The molecule has 0 radical (unpaired) electrons. The van der Waals surface area contributed by atoms with Gasteiger partial charge in [0, 0.05) is 28.7 Å². The Kier molecular flexibility index (Phi) is 12.6. The maximum absolute atomic E-state index is 12.6. The highest BCUT2D eigenvalue weighted by atomic mass is 33.1. The number of hydrogen-bond acceptors (Lipinski definition) is 4. The van der Waals surface area contributed by atoms with Crippen LogP contribution < -0.4 is 11.1 Å². The fourth-order valence-electron chi connectivity index (χ4n) is 4.26. The predicted octanol–water partition coefficient (Wildman–Crippen LogP) is 6.16. The third kappa shape index (κ3) is 8.54. The molecular weight excluding hydrogens is 412 g/mol. The number of rotatable bonds is 14. The first-order valence-corrected chi connectivity index (χ1v) is 13.6. The molecular formula is C24H40N2O2S2. The van der Waals surface area contributed by atoms with Gasteiger partial charge < -0.3 is 11.1 Å². The van der Waals surface area contributed by atoms with E-state index in [2.05, 4.69) is 46.9 Å². The fraction of sp³-hybridized carbons (Fsp3) is 0.667. The van der Waals surface area contributed by atoms with Crippen LogP contribution in [0.1, 0.15) is 77.6 Å². The van der Waals surface area contributed by atoms with Crippen molar-refractivity contribution in [2.45, 2.75) is 78.2 Å². The van der Waals surface area contributed by atoms with Gasteiger partial charge in [0.05, 0.1) is 0 Å². The zero-order valence-electron chi connectivity index (χ0n) is 19.4. The number of carbonyl (C=O) groups excluding carboxylic acids is 2. The Morgan fingerprint density at radius 3 is 2.07 bits per heavy atom. The van der Waals surface area contributed by atoms with Crippen LogP contribution in [0.5, 0.6) is 0 Å². The van der Waals surface area contributed by atoms with Crippen LogP contribution in [0, 0.1) is 23.7 Å². The van der Waals surface area contributed by atoms with Gasteiger partial charge in [0.1, 0.15) is 0 Å². The molecule has 0 fully saturated rings. The largest absolute Gasteiger partial charge is 0.366 e. The van der Waals surface area contributed by atoms with E-state index in [1.54, 1.807) is 33.7 Å². The van der Waals surface area contributed by atoms with Gasteiger partial charge in [-0.1, -0.05) is 75.5 Å². The Morgan fingerprint density at radius 2 is 1.57 bits per heavy atom. The van der Waals surface area contributed by atoms with Crippen LogP contribution in [0.3, 0.4) is 0 Å². The van der Waals surface area contributed by atoms with Crippen molar-refractivity contribution in [3.8, 4) is 0 Å². The average molecular weight is 453 g/mol. The third-order valence-electron chi connectivity index (χ3n) is 6.31. The first kappa shape index (κ1) is 26.9. The second-order valence-corrected chi connectivity index (χ2v) is 10.8. The van der Waals surface area contributed by atoms with Crippen molar-refractivity contribution in [2.24, 2.45) is 29.4 Å². The number of hydrogen-bond donors (Lipinski definition) is 2. The molecule has 0 heterocycles. The molecule has 2 amide bonds. The predicted molar refractivity (Wildman–Crippen MR) is 132 cm³/mol. The molecule has 3 N–H and O–H groups in total. The molecule has 4 nitrogen and oxygen atoms in total. The molecule has 170 valence electrons. The standard InChI is InChI=1S/C24H40N2O2S2/c1-7-16(4)21(9-3)23(17(5)8-2)18(6)26-22(27)14-15-29-30-20-12-10-19(11-13-20)24(25)28/h10-13,16-18,21,23H,7-9,14-15H2,1-6H3,(H2,25,28)(H,26,27). The Hall–Kier alpha value is -1.14. The zero-order chi connectivity index (χ0) is 22.7. The summed E-state index contributed by atoms with van der Waals surface area (Å²) >= 11 is 0. The maximum Gasteiger partial charge on any atom is 0.248 e. The first-order valence-electron chi connectivity index (χ1n) is 11.2. The van der Waals surface area contributed by atoms with Crippen molar-refractivity contribution in [1.29, 1.82) is 0 Å². The summed E-state index contributed by atoms with van der Waals surface area (Å²) in [4.78, 5) is 24.7. The van der Waals surface area contributed by atoms with Crippen molar-refractivity contribution in [1.82, 2.24) is 5.32 Å². The number of nitrogens with two attached hydrogens (primary N) is 1. The SMILES string of the molecule is CCC(C)C(CC)C(C(C)CC)C(C)NC(=O)CCSSc1ccc(C(N)=O)cc1. The maximum atomic E-state index is 12.6. The lowest BCUT2D eigenvalue weighted by Gasteiger charge is -2.39. The van der Waals surface area contributed by atoms with Crippen LogP contribution in [0.4, 0.5) is 0 Å². The lowest BCUT2D eigenvalue weighted by Crippen LogP contribution is -2.45. The zero-order valence-corrected chi connectivity index (χ0v) is 21.1. The van der Waals surface area contributed by atoms with Gasteiger partial charge in [0.25, 0.3) is 0 Å². The number of primary amides is 1. The van der Waals surface area contributed by atoms with Crippen LogP contribution >= 0.6 is 21.6 Å². The van der Waals surface area contributed by atoms with Gasteiger partial charge in [-0.25, -0.2) is 0 Å². The number of carbonyl (C=O) groups is 2. The smallest absolute Gasteiger partial charge is 0.248 e. The van der Waals surface area contributed by atoms with Gasteiger partial charge >= 0.3 is 0 Å². The number of benzene rings is 1. The molecule has 6 heteroatoms. The van der Waals surface area contributed by atoms with Crippen LogP contribution in [-0.4, -0.2) is 23.6 Å². The lowest BCUT2D eigenvalue weighted by molar-refractivity contribution is -0.122. The van der Waals surface area contributed by atoms with Crippen LogP contribution in [0.25, 0.3) is 0 Å². The molecule has 5 unspecified atom stereocenters. The molecule has 5 atom stereocenters. The summed E-state index contributed by atoms with van der Waals surface area (Å²) in [6.45, 7) is 13.7. The van der Waals surface area contributed by atoms with Crippen molar-refractivity contribution in [3.63, 3.8) is 0 Å². The molecule has 0 saturated carbocycles. The highest BCUT2D eigenvalue weighted by molar-refractivity contribution is 8.76. The van der Waals surface area contributed by atoms with Gasteiger partial charge in [-0.05, 0) is 54.9 Å². The van der Waals surface area contributed by atoms with Crippen molar-refractivity contribution < 1.29 is 9.59 Å². The van der Waals surface area contributed by atoms with Gasteiger partial charge in [-0.3, -0.25) is 9.59 Å². The normalized spacial score (nSPS) is 16.3. The first-order chi connectivity index (χ1) is 14.2. The summed E-state index contributed by atoms with van der Waals surface area (Å²) in [5.41, 5.74) is 5.77. The monoisotopic (exact) mass is 452 g/mol. The molecule has 1 aromatic carbocycles. The summed E-state index contributed by atoms with van der Waals surface area (Å²) < 4.78 is 0. The van der Waals surface area contributed by atoms with E-state index in [4.69, 9.17) is 5.73 Å². The Labute approximate surface area is 191 Å². The van der Waals surface area contributed by atoms with E-state index >= 15 is 0 Å². The Bertz CT molecular complexity index is 651. The van der Waals surface area contributed by atoms with Crippen LogP contribution in [0.15, 0.2) is 29.2 Å². The van der Waals surface area contributed by atoms with E-state index in [0.717, 1.165) is 23.5 Å². The fourth-order valence-corrected chi connectivity index (χ4v) is 6.23. The van der Waals surface area contributed by atoms with E-state index in [1.807, 2.05) is 12.1 Å². The molecule has 0 aromatic heterocycles. The highest BCUT2D eigenvalue weighted by Crippen LogP contribution is 2.36.